The van der Waals surface area contributed by atoms with Crippen LogP contribution in [0.2, 0.25) is 5.02 Å². The third-order valence-electron chi connectivity index (χ3n) is 7.72. The van der Waals surface area contributed by atoms with Crippen LogP contribution in [0.25, 0.3) is 11.3 Å². The fraction of sp³-hybridized carbons (Fsp3) is 0.400. The second-order valence-corrected chi connectivity index (χ2v) is 11.0. The Labute approximate surface area is 244 Å². The van der Waals surface area contributed by atoms with Crippen LogP contribution < -0.4 is 10.2 Å². The number of aromatic nitrogens is 2. The second kappa shape index (κ2) is 12.3. The topological polar surface area (TPSA) is 118 Å². The number of β-amino-alcohol motifs (C(OH)–C–C–N with tert-alkyl or cyclic N) is 1. The monoisotopic (exact) mass is 575 g/mol. The number of hydrogen-bond acceptors (Lipinski definition) is 7. The molecular formula is C30H34ClN7O3. The summed E-state index contributed by atoms with van der Waals surface area (Å²) in [7, 11) is 0. The summed E-state index contributed by atoms with van der Waals surface area (Å²) in [6.45, 7) is 7.96. The number of amides is 2. The van der Waals surface area contributed by atoms with Gasteiger partial charge in [-0.3, -0.25) is 19.2 Å². The van der Waals surface area contributed by atoms with Gasteiger partial charge in [0.05, 0.1) is 40.3 Å². The molecule has 214 valence electrons. The molecule has 1 aromatic heterocycles. The fourth-order valence-electron chi connectivity index (χ4n) is 5.67. The highest BCUT2D eigenvalue weighted by atomic mass is 35.5. The standard InChI is InChI=1S/C30H34ClN7O3/c1-20(39)33-27-15-22(7-8-26(27)31)30-25-19-37(21(2)40)10-9-29(25)38(34-30)18-24(41)17-35-11-13-36(14-12-35)28-6-4-3-5-23(28)16-32/h3-8,15,24,41H,9-14,17-19H2,1-2H3,(H,33,39). The summed E-state index contributed by atoms with van der Waals surface area (Å²) in [5, 5.41) is 28.7. The summed E-state index contributed by atoms with van der Waals surface area (Å²) in [6.07, 6.45) is -0.00613. The number of nitrogens with zero attached hydrogens (tertiary/aromatic N) is 6. The first-order chi connectivity index (χ1) is 19.7. The van der Waals surface area contributed by atoms with Crippen LogP contribution in [-0.2, 0) is 29.1 Å². The predicted octanol–water partition coefficient (Wildman–Crippen LogP) is 3.12. The number of nitriles is 1. The minimum Gasteiger partial charge on any atom is -0.390 e. The van der Waals surface area contributed by atoms with E-state index in [1.165, 1.54) is 6.92 Å². The number of aliphatic hydroxyl groups excluding tert-OH is 1. The van der Waals surface area contributed by atoms with Crippen LogP contribution in [0.5, 0.6) is 0 Å². The number of carbonyl (C=O) groups is 2. The first kappa shape index (κ1) is 28.6. The van der Waals surface area contributed by atoms with Crippen molar-refractivity contribution in [2.45, 2.75) is 39.5 Å². The lowest BCUT2D eigenvalue weighted by Crippen LogP contribution is -2.49. The molecule has 2 aromatic carbocycles. The van der Waals surface area contributed by atoms with Gasteiger partial charge in [-0.25, -0.2) is 0 Å². The number of para-hydroxylation sites is 1. The van der Waals surface area contributed by atoms with Gasteiger partial charge < -0.3 is 20.2 Å². The molecule has 1 fully saturated rings. The molecule has 1 atom stereocenters. The number of rotatable bonds is 7. The number of aliphatic hydroxyl groups is 1. The van der Waals surface area contributed by atoms with Crippen LogP contribution in [0, 0.1) is 11.3 Å². The largest absolute Gasteiger partial charge is 0.390 e. The molecule has 3 heterocycles. The van der Waals surface area contributed by atoms with Gasteiger partial charge in [-0.2, -0.15) is 10.4 Å². The van der Waals surface area contributed by atoms with Gasteiger partial charge in [-0.15, -0.1) is 0 Å². The molecule has 0 aliphatic carbocycles. The zero-order valence-corrected chi connectivity index (χ0v) is 24.1. The normalized spacial score (nSPS) is 16.2. The molecule has 10 nitrogen and oxygen atoms in total. The number of piperazine rings is 1. The molecule has 2 amide bonds. The lowest BCUT2D eigenvalue weighted by atomic mass is 10.0. The van der Waals surface area contributed by atoms with E-state index in [0.717, 1.165) is 48.7 Å². The Balaban J connectivity index is 1.32. The maximum absolute atomic E-state index is 12.2. The van der Waals surface area contributed by atoms with Gasteiger partial charge in [0.1, 0.15) is 6.07 Å². The lowest BCUT2D eigenvalue weighted by Gasteiger charge is -2.37. The molecule has 5 rings (SSSR count). The van der Waals surface area contributed by atoms with E-state index >= 15 is 0 Å². The number of nitrogens with one attached hydrogen (secondary N) is 1. The molecule has 2 N–H and O–H groups in total. The number of halogens is 1. The predicted molar refractivity (Wildman–Crippen MR) is 158 cm³/mol. The third kappa shape index (κ3) is 6.38. The van der Waals surface area contributed by atoms with Crippen LogP contribution in [0.1, 0.15) is 30.7 Å². The average Bonchev–Trinajstić information content (AvgIpc) is 3.31. The molecule has 1 saturated heterocycles. The molecule has 3 aromatic rings. The molecule has 0 bridgehead atoms. The molecule has 11 heteroatoms. The Morgan fingerprint density at radius 2 is 1.85 bits per heavy atom. The third-order valence-corrected chi connectivity index (χ3v) is 8.05. The van der Waals surface area contributed by atoms with E-state index in [1.807, 2.05) is 35.0 Å². The Morgan fingerprint density at radius 1 is 1.10 bits per heavy atom. The minimum atomic E-state index is -0.643. The summed E-state index contributed by atoms with van der Waals surface area (Å²) >= 11 is 6.31. The van der Waals surface area contributed by atoms with Crippen molar-refractivity contribution in [1.29, 1.82) is 5.26 Å². The van der Waals surface area contributed by atoms with Crippen molar-refractivity contribution >= 4 is 34.8 Å². The van der Waals surface area contributed by atoms with Crippen molar-refractivity contribution in [3.8, 4) is 17.3 Å². The van der Waals surface area contributed by atoms with E-state index in [2.05, 4.69) is 21.2 Å². The van der Waals surface area contributed by atoms with Gasteiger partial charge in [0, 0.05) is 82.9 Å². The summed E-state index contributed by atoms with van der Waals surface area (Å²) < 4.78 is 1.87. The van der Waals surface area contributed by atoms with Gasteiger partial charge in [0.15, 0.2) is 0 Å². The van der Waals surface area contributed by atoms with Gasteiger partial charge in [-0.1, -0.05) is 29.8 Å². The van der Waals surface area contributed by atoms with E-state index < -0.39 is 6.10 Å². The van der Waals surface area contributed by atoms with Gasteiger partial charge in [-0.05, 0) is 24.3 Å². The van der Waals surface area contributed by atoms with E-state index in [0.29, 0.717) is 54.6 Å². The number of hydrogen-bond donors (Lipinski definition) is 2. The van der Waals surface area contributed by atoms with E-state index in [-0.39, 0.29) is 11.8 Å². The van der Waals surface area contributed by atoms with Crippen molar-refractivity contribution in [2.24, 2.45) is 0 Å². The summed E-state index contributed by atoms with van der Waals surface area (Å²) in [5.41, 5.74) is 5.57. The molecule has 0 spiro atoms. The number of fused-ring (bicyclic) bond motifs is 1. The quantitative estimate of drug-likeness (QED) is 0.444. The lowest BCUT2D eigenvalue weighted by molar-refractivity contribution is -0.129. The van der Waals surface area contributed by atoms with Crippen LogP contribution in [0.15, 0.2) is 42.5 Å². The summed E-state index contributed by atoms with van der Waals surface area (Å²) in [5.74, 6) is -0.224. The van der Waals surface area contributed by atoms with Gasteiger partial charge in [0.25, 0.3) is 0 Å². The van der Waals surface area contributed by atoms with Crippen LogP contribution in [-0.4, -0.2) is 81.9 Å². The highest BCUT2D eigenvalue weighted by Crippen LogP contribution is 2.34. The SMILES string of the molecule is CC(=O)Nc1cc(-c2nn(CC(O)CN3CCN(c4ccccc4C#N)CC3)c3c2CN(C(C)=O)CC3)ccc1Cl. The minimum absolute atomic E-state index is 0.000891. The second-order valence-electron chi connectivity index (χ2n) is 10.6. The molecule has 2 aliphatic rings. The van der Waals surface area contributed by atoms with Gasteiger partial charge in [0.2, 0.25) is 11.8 Å². The summed E-state index contributed by atoms with van der Waals surface area (Å²) in [4.78, 5) is 30.1. The molecular weight excluding hydrogens is 542 g/mol. The zero-order valence-electron chi connectivity index (χ0n) is 23.3. The van der Waals surface area contributed by atoms with E-state index in [1.54, 1.807) is 24.0 Å². The Hall–Kier alpha value is -3.91. The summed E-state index contributed by atoms with van der Waals surface area (Å²) in [6, 6.07) is 15.3. The van der Waals surface area contributed by atoms with E-state index in [4.69, 9.17) is 16.7 Å². The van der Waals surface area contributed by atoms with Crippen LogP contribution >= 0.6 is 11.6 Å². The molecule has 2 aliphatic heterocycles. The molecule has 41 heavy (non-hydrogen) atoms. The Morgan fingerprint density at radius 3 is 2.56 bits per heavy atom. The smallest absolute Gasteiger partial charge is 0.221 e. The number of benzene rings is 2. The van der Waals surface area contributed by atoms with E-state index in [9.17, 15) is 20.0 Å². The van der Waals surface area contributed by atoms with Crippen LogP contribution in [0.3, 0.4) is 0 Å². The van der Waals surface area contributed by atoms with Crippen LogP contribution in [0.4, 0.5) is 11.4 Å². The van der Waals surface area contributed by atoms with Crippen molar-refractivity contribution in [2.75, 3.05) is 49.5 Å². The maximum Gasteiger partial charge on any atom is 0.221 e. The first-order valence-corrected chi connectivity index (χ1v) is 14.2. The maximum atomic E-state index is 12.2. The number of carbonyl (C=O) groups excluding carboxylic acids is 2. The fourth-order valence-corrected chi connectivity index (χ4v) is 5.84. The van der Waals surface area contributed by atoms with Crippen molar-refractivity contribution in [1.82, 2.24) is 19.6 Å². The highest BCUT2D eigenvalue weighted by Gasteiger charge is 2.29. The first-order valence-electron chi connectivity index (χ1n) is 13.8. The molecule has 1 unspecified atom stereocenters. The number of anilines is 2. The molecule has 0 saturated carbocycles. The van der Waals surface area contributed by atoms with Crippen molar-refractivity contribution in [3.05, 3.63) is 64.3 Å². The highest BCUT2D eigenvalue weighted by molar-refractivity contribution is 6.33. The Kier molecular flexibility index (Phi) is 8.59. The Bertz CT molecular complexity index is 1490. The average molecular weight is 576 g/mol. The molecule has 0 radical (unpaired) electrons. The van der Waals surface area contributed by atoms with Crippen molar-refractivity contribution in [3.63, 3.8) is 0 Å². The van der Waals surface area contributed by atoms with Gasteiger partial charge >= 0.3 is 0 Å². The zero-order chi connectivity index (χ0) is 29.1. The van der Waals surface area contributed by atoms with Crippen molar-refractivity contribution < 1.29 is 14.7 Å².